The van der Waals surface area contributed by atoms with Crippen molar-refractivity contribution in [3.05, 3.63) is 58.9 Å². The minimum absolute atomic E-state index is 0.154. The number of carbonyl (C=O) groups excluding carboxylic acids is 1. The van der Waals surface area contributed by atoms with E-state index >= 15 is 0 Å². The lowest BCUT2D eigenvalue weighted by atomic mass is 9.99. The molecule has 170 valence electrons. The Morgan fingerprint density at radius 1 is 1.19 bits per heavy atom. The normalized spacial score (nSPS) is 18.3. The van der Waals surface area contributed by atoms with Crippen LogP contribution in [0.2, 0.25) is 0 Å². The summed E-state index contributed by atoms with van der Waals surface area (Å²) in [4.78, 5) is 18.4. The fourth-order valence-corrected chi connectivity index (χ4v) is 6.50. The second-order valence-corrected chi connectivity index (χ2v) is 10.9. The molecular formula is C23H27N3O4S2. The van der Waals surface area contributed by atoms with Crippen LogP contribution in [0.5, 0.6) is 0 Å². The first-order chi connectivity index (χ1) is 15.4. The van der Waals surface area contributed by atoms with Crippen LogP contribution in [-0.4, -0.2) is 50.0 Å². The fourth-order valence-electron chi connectivity index (χ4n) is 3.91. The van der Waals surface area contributed by atoms with Gasteiger partial charge >= 0.3 is 0 Å². The molecule has 1 aromatic heterocycles. The number of hydrogen-bond acceptors (Lipinski definition) is 5. The van der Waals surface area contributed by atoms with Gasteiger partial charge in [0.15, 0.2) is 4.80 Å². The molecule has 7 nitrogen and oxygen atoms in total. The van der Waals surface area contributed by atoms with E-state index in [0.29, 0.717) is 37.3 Å². The number of thiazole rings is 1. The Balaban J connectivity index is 1.60. The van der Waals surface area contributed by atoms with Crippen LogP contribution >= 0.6 is 11.3 Å². The average Bonchev–Trinajstić information content (AvgIpc) is 3.14. The van der Waals surface area contributed by atoms with Crippen LogP contribution in [0.4, 0.5) is 0 Å². The summed E-state index contributed by atoms with van der Waals surface area (Å²) in [6.45, 7) is 3.58. The summed E-state index contributed by atoms with van der Waals surface area (Å²) in [5.74, 6) is -0.725. The predicted molar refractivity (Wildman–Crippen MR) is 125 cm³/mol. The molecule has 0 aliphatic carbocycles. The Labute approximate surface area is 192 Å². The summed E-state index contributed by atoms with van der Waals surface area (Å²) in [7, 11) is -2.00. The van der Waals surface area contributed by atoms with Crippen molar-refractivity contribution in [2.45, 2.75) is 31.2 Å². The first kappa shape index (κ1) is 22.8. The van der Waals surface area contributed by atoms with Gasteiger partial charge in [0.05, 0.1) is 27.6 Å². The van der Waals surface area contributed by atoms with Crippen molar-refractivity contribution < 1.29 is 17.9 Å². The second-order valence-electron chi connectivity index (χ2n) is 7.96. The number of rotatable bonds is 6. The Bertz CT molecular complexity index is 1280. The van der Waals surface area contributed by atoms with Crippen molar-refractivity contribution in [1.82, 2.24) is 8.87 Å². The average molecular weight is 474 g/mol. The molecule has 0 spiro atoms. The molecule has 1 atom stereocenters. The van der Waals surface area contributed by atoms with E-state index in [0.717, 1.165) is 15.8 Å². The Morgan fingerprint density at radius 3 is 2.69 bits per heavy atom. The van der Waals surface area contributed by atoms with E-state index in [-0.39, 0.29) is 17.3 Å². The standard InChI is InChI=1S/C23H27N3O4S2/c1-17-9-11-19(12-10-17)32(28,29)25-13-5-6-18(16-25)22(27)24-23-26(14-15-30-2)20-7-3-4-8-21(20)31-23/h3-4,7-12,18H,5-6,13-16H2,1-2H3. The van der Waals surface area contributed by atoms with Crippen molar-refractivity contribution in [2.24, 2.45) is 10.9 Å². The largest absolute Gasteiger partial charge is 0.383 e. The SMILES string of the molecule is COCCn1c(=NC(=O)C2CCCN(S(=O)(=O)c3ccc(C)cc3)C2)sc2ccccc21. The third-order valence-corrected chi connectivity index (χ3v) is 8.64. The van der Waals surface area contributed by atoms with Crippen molar-refractivity contribution >= 4 is 37.5 Å². The summed E-state index contributed by atoms with van der Waals surface area (Å²) in [6.07, 6.45) is 1.26. The zero-order valence-corrected chi connectivity index (χ0v) is 19.9. The van der Waals surface area contributed by atoms with Crippen molar-refractivity contribution in [3.8, 4) is 0 Å². The Kier molecular flexibility index (Phi) is 6.90. The quantitative estimate of drug-likeness (QED) is 0.551. The smallest absolute Gasteiger partial charge is 0.252 e. The fraction of sp³-hybridized carbons (Fsp3) is 0.391. The van der Waals surface area contributed by atoms with E-state index in [4.69, 9.17) is 4.74 Å². The number of sulfonamides is 1. The molecule has 0 N–H and O–H groups in total. The minimum Gasteiger partial charge on any atom is -0.383 e. The number of ether oxygens (including phenoxy) is 1. The van der Waals surface area contributed by atoms with Crippen LogP contribution in [0.25, 0.3) is 10.2 Å². The van der Waals surface area contributed by atoms with Crippen molar-refractivity contribution in [3.63, 3.8) is 0 Å². The molecule has 2 aromatic carbocycles. The summed E-state index contributed by atoms with van der Waals surface area (Å²) in [5, 5.41) is 0. The van der Waals surface area contributed by atoms with Gasteiger partial charge in [0, 0.05) is 26.7 Å². The lowest BCUT2D eigenvalue weighted by Crippen LogP contribution is -2.42. The van der Waals surface area contributed by atoms with Crippen LogP contribution in [-0.2, 0) is 26.1 Å². The molecule has 9 heteroatoms. The highest BCUT2D eigenvalue weighted by Gasteiger charge is 2.33. The molecule has 0 bridgehead atoms. The van der Waals surface area contributed by atoms with Gasteiger partial charge in [0.25, 0.3) is 5.91 Å². The number of fused-ring (bicyclic) bond motifs is 1. The second kappa shape index (κ2) is 9.66. The first-order valence-electron chi connectivity index (χ1n) is 10.6. The molecule has 2 heterocycles. The number of para-hydroxylation sites is 1. The minimum atomic E-state index is -3.64. The summed E-state index contributed by atoms with van der Waals surface area (Å²) < 4.78 is 35.8. The van der Waals surface area contributed by atoms with Gasteiger partial charge in [0.1, 0.15) is 0 Å². The Hall–Kier alpha value is -2.33. The number of aryl methyl sites for hydroxylation is 1. The molecular weight excluding hydrogens is 446 g/mol. The predicted octanol–water partition coefficient (Wildman–Crippen LogP) is 3.19. The van der Waals surface area contributed by atoms with Crippen molar-refractivity contribution in [2.75, 3.05) is 26.8 Å². The molecule has 1 amide bonds. The van der Waals surface area contributed by atoms with Crippen molar-refractivity contribution in [1.29, 1.82) is 0 Å². The molecule has 4 rings (SSSR count). The van der Waals surface area contributed by atoms with Crippen LogP contribution in [0.15, 0.2) is 58.4 Å². The molecule has 3 aromatic rings. The molecule has 1 saturated heterocycles. The third-order valence-electron chi connectivity index (χ3n) is 5.71. The highest BCUT2D eigenvalue weighted by Crippen LogP contribution is 2.25. The lowest BCUT2D eigenvalue weighted by Gasteiger charge is -2.30. The van der Waals surface area contributed by atoms with Gasteiger partial charge in [-0.2, -0.15) is 9.30 Å². The third kappa shape index (κ3) is 4.71. The molecule has 1 aliphatic rings. The number of hydrogen-bond donors (Lipinski definition) is 0. The van der Waals surface area contributed by atoms with E-state index in [1.807, 2.05) is 35.8 Å². The summed E-state index contributed by atoms with van der Waals surface area (Å²) in [6, 6.07) is 14.7. The maximum absolute atomic E-state index is 13.1. The topological polar surface area (TPSA) is 81.0 Å². The lowest BCUT2D eigenvalue weighted by molar-refractivity contribution is -0.122. The van der Waals surface area contributed by atoms with E-state index in [2.05, 4.69) is 4.99 Å². The maximum Gasteiger partial charge on any atom is 0.252 e. The van der Waals surface area contributed by atoms with Gasteiger partial charge in [-0.05, 0) is 44.0 Å². The zero-order chi connectivity index (χ0) is 22.7. The first-order valence-corrected chi connectivity index (χ1v) is 12.9. The van der Waals surface area contributed by atoms with E-state index in [9.17, 15) is 13.2 Å². The van der Waals surface area contributed by atoms with Gasteiger partial charge in [-0.3, -0.25) is 4.79 Å². The van der Waals surface area contributed by atoms with Gasteiger partial charge in [-0.25, -0.2) is 8.42 Å². The number of amides is 1. The van der Waals surface area contributed by atoms with E-state index in [1.165, 1.54) is 15.6 Å². The van der Waals surface area contributed by atoms with Crippen LogP contribution in [0.3, 0.4) is 0 Å². The molecule has 1 fully saturated rings. The number of nitrogens with zero attached hydrogens (tertiary/aromatic N) is 3. The van der Waals surface area contributed by atoms with Gasteiger partial charge in [-0.15, -0.1) is 0 Å². The molecule has 1 unspecified atom stereocenters. The molecule has 0 saturated carbocycles. The van der Waals surface area contributed by atoms with Crippen LogP contribution < -0.4 is 4.80 Å². The van der Waals surface area contributed by atoms with Gasteiger partial charge in [-0.1, -0.05) is 41.2 Å². The van der Waals surface area contributed by atoms with Crippen LogP contribution in [0.1, 0.15) is 18.4 Å². The van der Waals surface area contributed by atoms with E-state index in [1.54, 1.807) is 31.4 Å². The molecule has 1 aliphatic heterocycles. The highest BCUT2D eigenvalue weighted by molar-refractivity contribution is 7.89. The molecule has 32 heavy (non-hydrogen) atoms. The number of piperidine rings is 1. The van der Waals surface area contributed by atoms with E-state index < -0.39 is 15.9 Å². The number of aromatic nitrogens is 1. The maximum atomic E-state index is 13.1. The van der Waals surface area contributed by atoms with Gasteiger partial charge in [0.2, 0.25) is 10.0 Å². The summed E-state index contributed by atoms with van der Waals surface area (Å²) in [5.41, 5.74) is 2.01. The monoisotopic (exact) mass is 473 g/mol. The Morgan fingerprint density at radius 2 is 1.94 bits per heavy atom. The van der Waals surface area contributed by atoms with Crippen LogP contribution in [0, 0.1) is 12.8 Å². The van der Waals surface area contributed by atoms with Gasteiger partial charge < -0.3 is 9.30 Å². The zero-order valence-electron chi connectivity index (χ0n) is 18.2. The number of methoxy groups -OCH3 is 1. The summed E-state index contributed by atoms with van der Waals surface area (Å²) >= 11 is 1.46. The number of benzene rings is 2. The molecule has 0 radical (unpaired) electrons. The highest BCUT2D eigenvalue weighted by atomic mass is 32.2. The number of carbonyl (C=O) groups is 1.